The summed E-state index contributed by atoms with van der Waals surface area (Å²) in [5, 5.41) is 39.2. The number of Topliss-reactive ketones (excluding diaryl/α,β-unsaturated/α-hetero) is 1. The standard InChI is InChI=1S/C14H11NO5/c16-6-7-1-2-10-14(20)9-4-12(18)11(17)3-8(9)13(19)5-15(7)10/h1-4,6,16-18,20H,5H2. The maximum Gasteiger partial charge on any atom is 0.183 e. The van der Waals surface area contributed by atoms with E-state index in [1.54, 1.807) is 12.1 Å². The van der Waals surface area contributed by atoms with Crippen LogP contribution in [0.3, 0.4) is 0 Å². The molecule has 0 saturated carbocycles. The number of hydrogen-bond donors (Lipinski definition) is 4. The van der Waals surface area contributed by atoms with Gasteiger partial charge in [-0.25, -0.2) is 0 Å². The van der Waals surface area contributed by atoms with Crippen LogP contribution in [0, 0.1) is 0 Å². The fourth-order valence-corrected chi connectivity index (χ4v) is 2.35. The average molecular weight is 273 g/mol. The van der Waals surface area contributed by atoms with Gasteiger partial charge < -0.3 is 25.0 Å². The molecule has 0 aliphatic carbocycles. The number of nitrogens with zero attached hydrogens (tertiary/aromatic N) is 1. The molecule has 2 aromatic rings. The maximum atomic E-state index is 12.2. The van der Waals surface area contributed by atoms with Crippen LogP contribution in [0.4, 0.5) is 0 Å². The maximum absolute atomic E-state index is 12.2. The van der Waals surface area contributed by atoms with E-state index in [4.69, 9.17) is 5.11 Å². The summed E-state index contributed by atoms with van der Waals surface area (Å²) in [6.07, 6.45) is 0.842. The van der Waals surface area contributed by atoms with Gasteiger partial charge in [0.15, 0.2) is 17.3 Å². The van der Waals surface area contributed by atoms with Gasteiger partial charge in [0.05, 0.1) is 17.2 Å². The zero-order chi connectivity index (χ0) is 14.4. The molecule has 0 amide bonds. The SMILES string of the molecule is O=C1Cn2c(=CO)ccc2=C(O)c2cc(O)c(O)cc21. The largest absolute Gasteiger partial charge is 0.513 e. The minimum absolute atomic E-state index is 0.0873. The van der Waals surface area contributed by atoms with Gasteiger partial charge in [-0.1, -0.05) is 0 Å². The third-order valence-electron chi connectivity index (χ3n) is 3.36. The van der Waals surface area contributed by atoms with Crippen LogP contribution >= 0.6 is 0 Å². The molecule has 4 N–H and O–H groups in total. The van der Waals surface area contributed by atoms with Crippen molar-refractivity contribution in [1.82, 2.24) is 4.57 Å². The summed E-state index contributed by atoms with van der Waals surface area (Å²) in [6, 6.07) is 5.38. The zero-order valence-corrected chi connectivity index (χ0v) is 10.2. The molecule has 1 aromatic carbocycles. The molecule has 1 aliphatic heterocycles. The summed E-state index contributed by atoms with van der Waals surface area (Å²) < 4.78 is 1.45. The zero-order valence-electron chi connectivity index (χ0n) is 10.2. The van der Waals surface area contributed by atoms with Crippen LogP contribution in [0.1, 0.15) is 15.9 Å². The third kappa shape index (κ3) is 1.55. The lowest BCUT2D eigenvalue weighted by Crippen LogP contribution is -2.29. The number of carbonyl (C=O) groups excluding carboxylic acids is 1. The number of ketones is 1. The van der Waals surface area contributed by atoms with Crippen molar-refractivity contribution in [2.24, 2.45) is 0 Å². The molecule has 0 fully saturated rings. The van der Waals surface area contributed by atoms with Gasteiger partial charge in [-0.05, 0) is 24.3 Å². The molecular weight excluding hydrogens is 262 g/mol. The van der Waals surface area contributed by atoms with E-state index in [-0.39, 0.29) is 29.2 Å². The van der Waals surface area contributed by atoms with Crippen molar-refractivity contribution in [2.45, 2.75) is 6.54 Å². The Hall–Kier alpha value is -2.89. The molecule has 6 nitrogen and oxygen atoms in total. The molecule has 1 aliphatic rings. The number of aliphatic hydroxyl groups is 2. The number of fused-ring (bicyclic) bond motifs is 2. The highest BCUT2D eigenvalue weighted by molar-refractivity contribution is 6.01. The summed E-state index contributed by atoms with van der Waals surface area (Å²) in [4.78, 5) is 12.2. The first-order valence-electron chi connectivity index (χ1n) is 5.85. The number of hydrogen-bond acceptors (Lipinski definition) is 5. The number of phenolic OH excluding ortho intramolecular Hbond substituents is 2. The Morgan fingerprint density at radius 2 is 1.70 bits per heavy atom. The van der Waals surface area contributed by atoms with E-state index < -0.39 is 11.5 Å². The highest BCUT2D eigenvalue weighted by Gasteiger charge is 2.23. The van der Waals surface area contributed by atoms with Gasteiger partial charge in [0.1, 0.15) is 12.0 Å². The minimum Gasteiger partial charge on any atom is -0.513 e. The number of aromatic nitrogens is 1. The minimum atomic E-state index is -0.426. The Bertz CT molecular complexity index is 847. The topological polar surface area (TPSA) is 103 Å². The molecule has 0 saturated heterocycles. The van der Waals surface area contributed by atoms with Gasteiger partial charge in [-0.3, -0.25) is 4.79 Å². The summed E-state index contributed by atoms with van der Waals surface area (Å²) in [6.45, 7) is -0.0873. The van der Waals surface area contributed by atoms with Crippen LogP contribution in [-0.2, 0) is 6.54 Å². The molecule has 6 heteroatoms. The molecule has 0 atom stereocenters. The monoisotopic (exact) mass is 273 g/mol. The van der Waals surface area contributed by atoms with E-state index in [2.05, 4.69) is 0 Å². The predicted octanol–water partition coefficient (Wildman–Crippen LogP) is 0.106. The van der Waals surface area contributed by atoms with Crippen LogP contribution in [0.25, 0.3) is 12.0 Å². The van der Waals surface area contributed by atoms with Crippen molar-refractivity contribution >= 4 is 17.8 Å². The molecule has 1 aromatic heterocycles. The van der Waals surface area contributed by atoms with Gasteiger partial charge in [0, 0.05) is 11.1 Å². The predicted molar refractivity (Wildman–Crippen MR) is 70.0 cm³/mol. The number of rotatable bonds is 0. The van der Waals surface area contributed by atoms with Crippen LogP contribution in [-0.4, -0.2) is 30.8 Å². The van der Waals surface area contributed by atoms with Gasteiger partial charge in [0.2, 0.25) is 0 Å². The molecule has 20 heavy (non-hydrogen) atoms. The molecule has 0 unspecified atom stereocenters. The molecule has 0 bridgehead atoms. The number of phenols is 2. The molecule has 0 radical (unpaired) electrons. The average Bonchev–Trinajstić information content (AvgIpc) is 2.79. The van der Waals surface area contributed by atoms with Crippen molar-refractivity contribution in [3.8, 4) is 11.5 Å². The second kappa shape index (κ2) is 4.06. The normalized spacial score (nSPS) is 14.9. The quantitative estimate of drug-likeness (QED) is 0.510. The van der Waals surface area contributed by atoms with Gasteiger partial charge in [-0.15, -0.1) is 0 Å². The Morgan fingerprint density at radius 3 is 2.35 bits per heavy atom. The van der Waals surface area contributed by atoms with Crippen LogP contribution in [0.5, 0.6) is 11.5 Å². The van der Waals surface area contributed by atoms with E-state index in [9.17, 15) is 20.1 Å². The fraction of sp³-hybridized carbons (Fsp3) is 0.0714. The van der Waals surface area contributed by atoms with Gasteiger partial charge in [0.25, 0.3) is 0 Å². The van der Waals surface area contributed by atoms with Crippen LogP contribution in [0.2, 0.25) is 0 Å². The smallest absolute Gasteiger partial charge is 0.183 e. The van der Waals surface area contributed by atoms with E-state index >= 15 is 0 Å². The lowest BCUT2D eigenvalue weighted by atomic mass is 10.0. The van der Waals surface area contributed by atoms with Crippen molar-refractivity contribution in [1.29, 1.82) is 0 Å². The van der Waals surface area contributed by atoms with Gasteiger partial charge >= 0.3 is 0 Å². The summed E-state index contributed by atoms with van der Waals surface area (Å²) >= 11 is 0. The highest BCUT2D eigenvalue weighted by Crippen LogP contribution is 2.31. The van der Waals surface area contributed by atoms with Crippen molar-refractivity contribution < 1.29 is 25.2 Å². The number of aliphatic hydroxyl groups excluding tert-OH is 2. The van der Waals surface area contributed by atoms with Crippen LogP contribution in [0.15, 0.2) is 24.3 Å². The first-order chi connectivity index (χ1) is 9.52. The first-order valence-corrected chi connectivity index (χ1v) is 5.85. The Balaban J connectivity index is 2.44. The molecule has 102 valence electrons. The highest BCUT2D eigenvalue weighted by atomic mass is 16.3. The third-order valence-corrected chi connectivity index (χ3v) is 3.36. The summed E-state index contributed by atoms with van der Waals surface area (Å²) in [7, 11) is 0. The van der Waals surface area contributed by atoms with Gasteiger partial charge in [-0.2, -0.15) is 0 Å². The van der Waals surface area contributed by atoms with Crippen molar-refractivity contribution in [3.05, 3.63) is 46.1 Å². The Morgan fingerprint density at radius 1 is 1.05 bits per heavy atom. The molecule has 3 rings (SSSR count). The van der Waals surface area contributed by atoms with Crippen molar-refractivity contribution in [2.75, 3.05) is 0 Å². The fourth-order valence-electron chi connectivity index (χ4n) is 2.35. The summed E-state index contributed by atoms with van der Waals surface area (Å²) in [5.41, 5.74) is 0.261. The van der Waals surface area contributed by atoms with E-state index in [0.29, 0.717) is 10.7 Å². The second-order valence-corrected chi connectivity index (χ2v) is 4.52. The van der Waals surface area contributed by atoms with Crippen molar-refractivity contribution in [3.63, 3.8) is 0 Å². The van der Waals surface area contributed by atoms with E-state index in [1.807, 2.05) is 0 Å². The first kappa shape index (κ1) is 12.2. The molecule has 2 heterocycles. The molecular formula is C14H11NO5. The molecule has 0 spiro atoms. The number of carbonyl (C=O) groups is 1. The van der Waals surface area contributed by atoms with E-state index in [0.717, 1.165) is 18.4 Å². The number of benzene rings is 1. The van der Waals surface area contributed by atoms with Crippen LogP contribution < -0.4 is 10.7 Å². The Kier molecular flexibility index (Phi) is 2.47. The number of aromatic hydroxyl groups is 2. The second-order valence-electron chi connectivity index (χ2n) is 4.52. The Labute approximate surface area is 112 Å². The lowest BCUT2D eigenvalue weighted by Gasteiger charge is -2.07. The lowest BCUT2D eigenvalue weighted by molar-refractivity contribution is 0.0970. The summed E-state index contributed by atoms with van der Waals surface area (Å²) in [5.74, 6) is -1.39. The van der Waals surface area contributed by atoms with E-state index in [1.165, 1.54) is 4.57 Å².